The maximum absolute atomic E-state index is 13.4. The molecule has 2 atom stereocenters. The molecule has 3 aromatic rings. The monoisotopic (exact) mass is 533 g/mol. The number of para-hydroxylation sites is 1. The Morgan fingerprint density at radius 2 is 1.72 bits per heavy atom. The van der Waals surface area contributed by atoms with Gasteiger partial charge in [-0.25, -0.2) is 16.8 Å². The lowest BCUT2D eigenvalue weighted by Gasteiger charge is -2.38. The van der Waals surface area contributed by atoms with Gasteiger partial charge < -0.3 is 16.0 Å². The van der Waals surface area contributed by atoms with Crippen molar-refractivity contribution < 1.29 is 26.4 Å². The first kappa shape index (κ1) is 25.8. The largest absolute Gasteiger partial charge is 0.368 e. The molecule has 0 unspecified atom stereocenters. The average molecular weight is 534 g/mol. The number of piperazine rings is 1. The molecule has 0 bridgehead atoms. The highest BCUT2D eigenvalue weighted by Crippen LogP contribution is 2.24. The van der Waals surface area contributed by atoms with Crippen molar-refractivity contribution in [3.63, 3.8) is 0 Å². The highest BCUT2D eigenvalue weighted by atomic mass is 32.2. The molecule has 2 heterocycles. The summed E-state index contributed by atoms with van der Waals surface area (Å²) < 4.78 is 53.1. The van der Waals surface area contributed by atoms with E-state index in [9.17, 15) is 26.4 Å². The Labute approximate surface area is 209 Å². The van der Waals surface area contributed by atoms with Crippen molar-refractivity contribution in [3.05, 3.63) is 66.4 Å². The number of aromatic amines is 1. The van der Waals surface area contributed by atoms with Gasteiger partial charge in [0.1, 0.15) is 12.1 Å². The number of carbonyl (C=O) groups is 2. The third kappa shape index (κ3) is 5.28. The van der Waals surface area contributed by atoms with Crippen LogP contribution in [-0.2, 0) is 36.1 Å². The predicted octanol–water partition coefficient (Wildman–Crippen LogP) is 0.0152. The number of benzene rings is 2. The minimum atomic E-state index is -4.13. The number of aromatic nitrogens is 1. The fraction of sp³-hybridized carbons (Fsp3) is 0.304. The summed E-state index contributed by atoms with van der Waals surface area (Å²) in [6.07, 6.45) is 2.77. The lowest BCUT2D eigenvalue weighted by molar-refractivity contribution is -0.130. The summed E-state index contributed by atoms with van der Waals surface area (Å²) in [6.45, 7) is -0.732. The topological polar surface area (TPSA) is 163 Å². The van der Waals surface area contributed by atoms with Crippen LogP contribution in [0.5, 0.6) is 0 Å². The second kappa shape index (κ2) is 10.0. The Morgan fingerprint density at radius 1 is 1.06 bits per heavy atom. The van der Waals surface area contributed by atoms with Crippen molar-refractivity contribution in [2.24, 2.45) is 5.73 Å². The second-order valence-corrected chi connectivity index (χ2v) is 12.5. The van der Waals surface area contributed by atoms with Crippen LogP contribution in [0, 0.1) is 0 Å². The van der Waals surface area contributed by atoms with Crippen LogP contribution in [0.4, 0.5) is 0 Å². The summed E-state index contributed by atoms with van der Waals surface area (Å²) in [6, 6.07) is 12.4. The Bertz CT molecular complexity index is 1490. The van der Waals surface area contributed by atoms with Gasteiger partial charge in [-0.3, -0.25) is 9.59 Å². The first-order valence-electron chi connectivity index (χ1n) is 11.1. The van der Waals surface area contributed by atoms with Crippen LogP contribution in [0.15, 0.2) is 65.7 Å². The Kier molecular flexibility index (Phi) is 7.18. The molecule has 11 nitrogen and oxygen atoms in total. The molecule has 2 amide bonds. The molecule has 36 heavy (non-hydrogen) atoms. The molecule has 1 aromatic heterocycles. The van der Waals surface area contributed by atoms with Crippen LogP contribution in [0.2, 0.25) is 0 Å². The van der Waals surface area contributed by atoms with E-state index < -0.39 is 50.5 Å². The molecule has 4 N–H and O–H groups in total. The number of hydrogen-bond acceptors (Lipinski definition) is 6. The van der Waals surface area contributed by atoms with E-state index in [1.54, 1.807) is 24.4 Å². The zero-order chi connectivity index (χ0) is 26.1. The van der Waals surface area contributed by atoms with E-state index in [0.29, 0.717) is 0 Å². The van der Waals surface area contributed by atoms with Crippen molar-refractivity contribution in [2.45, 2.75) is 23.4 Å². The third-order valence-corrected chi connectivity index (χ3v) is 9.37. The maximum Gasteiger partial charge on any atom is 0.243 e. The van der Waals surface area contributed by atoms with E-state index in [4.69, 9.17) is 5.73 Å². The molecule has 1 fully saturated rings. The van der Waals surface area contributed by atoms with Crippen molar-refractivity contribution in [3.8, 4) is 0 Å². The molecule has 0 radical (unpaired) electrons. The first-order valence-corrected chi connectivity index (χ1v) is 14.4. The van der Waals surface area contributed by atoms with Gasteiger partial charge in [0.25, 0.3) is 0 Å². The van der Waals surface area contributed by atoms with Crippen LogP contribution in [-0.4, -0.2) is 80.2 Å². The number of nitrogens with two attached hydrogens (primary N) is 1. The van der Waals surface area contributed by atoms with E-state index in [1.807, 2.05) is 24.3 Å². The lowest BCUT2D eigenvalue weighted by Crippen LogP contribution is -2.63. The standard InChI is InChI=1S/C23H27N5O6S2/c1-35(31,32)27-11-12-28(36(33,34)17-7-3-2-4-8-17)21(15-27)23(30)26-20(22(24)29)13-16-14-25-19-10-6-5-9-18(16)19/h2-10,14,20-21,25H,11-13,15H2,1H3,(H2,24,29)(H,26,30)/t20-,21-/m1/s1. The summed E-state index contributed by atoms with van der Waals surface area (Å²) in [5, 5.41) is 3.41. The van der Waals surface area contributed by atoms with Gasteiger partial charge in [0.05, 0.1) is 11.2 Å². The molecule has 1 saturated heterocycles. The number of sulfonamides is 2. The number of fused-ring (bicyclic) bond motifs is 1. The van der Waals surface area contributed by atoms with E-state index in [2.05, 4.69) is 10.3 Å². The molecule has 0 spiro atoms. The first-order chi connectivity index (χ1) is 17.0. The normalized spacial score (nSPS) is 18.6. The number of nitrogens with zero attached hydrogens (tertiary/aromatic N) is 2. The van der Waals surface area contributed by atoms with E-state index in [-0.39, 0.29) is 24.4 Å². The minimum absolute atomic E-state index is 0.0270. The number of carbonyl (C=O) groups excluding carboxylic acids is 2. The average Bonchev–Trinajstić information content (AvgIpc) is 3.26. The van der Waals surface area contributed by atoms with Crippen LogP contribution < -0.4 is 11.1 Å². The number of nitrogens with one attached hydrogen (secondary N) is 2. The Hall–Kier alpha value is -3.26. The van der Waals surface area contributed by atoms with Gasteiger partial charge in [-0.15, -0.1) is 0 Å². The van der Waals surface area contributed by atoms with Crippen LogP contribution in [0.3, 0.4) is 0 Å². The van der Waals surface area contributed by atoms with E-state index in [0.717, 1.165) is 31.3 Å². The summed E-state index contributed by atoms with van der Waals surface area (Å²) in [5.41, 5.74) is 7.17. The van der Waals surface area contributed by atoms with E-state index >= 15 is 0 Å². The molecule has 13 heteroatoms. The van der Waals surface area contributed by atoms with Gasteiger partial charge in [0.2, 0.25) is 31.9 Å². The van der Waals surface area contributed by atoms with Gasteiger partial charge in [-0.05, 0) is 23.8 Å². The minimum Gasteiger partial charge on any atom is -0.368 e. The maximum atomic E-state index is 13.4. The lowest BCUT2D eigenvalue weighted by atomic mass is 10.0. The van der Waals surface area contributed by atoms with Gasteiger partial charge >= 0.3 is 0 Å². The van der Waals surface area contributed by atoms with Crippen molar-refractivity contribution in [1.29, 1.82) is 0 Å². The number of primary amides is 1. The highest BCUT2D eigenvalue weighted by molar-refractivity contribution is 7.89. The predicted molar refractivity (Wildman–Crippen MR) is 134 cm³/mol. The fourth-order valence-electron chi connectivity index (χ4n) is 4.28. The molecule has 2 aromatic carbocycles. The van der Waals surface area contributed by atoms with Crippen molar-refractivity contribution >= 4 is 42.8 Å². The molecule has 4 rings (SSSR count). The Balaban J connectivity index is 1.63. The molecule has 1 aliphatic heterocycles. The summed E-state index contributed by atoms with van der Waals surface area (Å²) in [5.74, 6) is -1.62. The highest BCUT2D eigenvalue weighted by Gasteiger charge is 2.43. The molecular weight excluding hydrogens is 506 g/mol. The fourth-order valence-corrected chi connectivity index (χ4v) is 6.70. The summed E-state index contributed by atoms with van der Waals surface area (Å²) >= 11 is 0. The van der Waals surface area contributed by atoms with Gasteiger partial charge in [0, 0.05) is 43.2 Å². The number of hydrogen-bond donors (Lipinski definition) is 3. The molecule has 1 aliphatic rings. The number of rotatable bonds is 8. The SMILES string of the molecule is CS(=O)(=O)N1CCN(S(=O)(=O)c2ccccc2)[C@@H](C(=O)N[C@H](Cc2c[nH]c3ccccc23)C(N)=O)C1. The van der Waals surface area contributed by atoms with Gasteiger partial charge in [-0.2, -0.15) is 8.61 Å². The van der Waals surface area contributed by atoms with Crippen molar-refractivity contribution in [2.75, 3.05) is 25.9 Å². The molecule has 192 valence electrons. The third-order valence-electron chi connectivity index (χ3n) is 6.17. The smallest absolute Gasteiger partial charge is 0.243 e. The second-order valence-electron chi connectivity index (χ2n) is 8.59. The van der Waals surface area contributed by atoms with Crippen LogP contribution in [0.25, 0.3) is 10.9 Å². The molecule has 0 saturated carbocycles. The quantitative estimate of drug-likeness (QED) is 0.369. The van der Waals surface area contributed by atoms with Crippen LogP contribution in [0.1, 0.15) is 5.56 Å². The zero-order valence-electron chi connectivity index (χ0n) is 19.5. The Morgan fingerprint density at radius 3 is 2.39 bits per heavy atom. The van der Waals surface area contributed by atoms with Crippen LogP contribution >= 0.6 is 0 Å². The van der Waals surface area contributed by atoms with E-state index in [1.165, 1.54) is 12.1 Å². The number of H-pyrrole nitrogens is 1. The zero-order valence-corrected chi connectivity index (χ0v) is 21.1. The van der Waals surface area contributed by atoms with Crippen molar-refractivity contribution in [1.82, 2.24) is 18.9 Å². The van der Waals surface area contributed by atoms with Gasteiger partial charge in [0.15, 0.2) is 0 Å². The number of amides is 2. The molecule has 0 aliphatic carbocycles. The summed E-state index contributed by atoms with van der Waals surface area (Å²) in [4.78, 5) is 28.7. The molecular formula is C23H27N5O6S2. The van der Waals surface area contributed by atoms with Gasteiger partial charge in [-0.1, -0.05) is 36.4 Å². The summed E-state index contributed by atoms with van der Waals surface area (Å²) in [7, 11) is -7.83.